The van der Waals surface area contributed by atoms with Gasteiger partial charge in [0.2, 0.25) is 5.91 Å². The number of carbonyl (C=O) groups excluding carboxylic acids is 1. The second-order valence-electron chi connectivity index (χ2n) is 4.94. The van der Waals surface area contributed by atoms with Crippen molar-refractivity contribution in [1.82, 2.24) is 5.32 Å². The molecule has 0 unspecified atom stereocenters. The first-order chi connectivity index (χ1) is 8.61. The SMILES string of the molecule is COc1ccc(C)cc1NC(=O)[C@@H]1CNC[C@H]1C. The van der Waals surface area contributed by atoms with Crippen LogP contribution in [0.25, 0.3) is 0 Å². The van der Waals surface area contributed by atoms with Gasteiger partial charge < -0.3 is 15.4 Å². The molecule has 0 spiro atoms. The number of rotatable bonds is 3. The summed E-state index contributed by atoms with van der Waals surface area (Å²) in [6, 6.07) is 5.78. The van der Waals surface area contributed by atoms with Crippen LogP contribution in [0.15, 0.2) is 18.2 Å². The Kier molecular flexibility index (Phi) is 3.87. The summed E-state index contributed by atoms with van der Waals surface area (Å²) < 4.78 is 5.26. The maximum Gasteiger partial charge on any atom is 0.229 e. The van der Waals surface area contributed by atoms with Crippen LogP contribution in [0.2, 0.25) is 0 Å². The van der Waals surface area contributed by atoms with E-state index in [9.17, 15) is 4.79 Å². The molecule has 1 saturated heterocycles. The Labute approximate surface area is 108 Å². The fourth-order valence-electron chi connectivity index (χ4n) is 2.31. The highest BCUT2D eigenvalue weighted by atomic mass is 16.5. The summed E-state index contributed by atoms with van der Waals surface area (Å²) in [6.07, 6.45) is 0. The fourth-order valence-corrected chi connectivity index (χ4v) is 2.31. The summed E-state index contributed by atoms with van der Waals surface area (Å²) in [5, 5.41) is 6.21. The lowest BCUT2D eigenvalue weighted by molar-refractivity contribution is -0.120. The second kappa shape index (κ2) is 5.40. The molecule has 18 heavy (non-hydrogen) atoms. The van der Waals surface area contributed by atoms with E-state index in [0.29, 0.717) is 11.7 Å². The number of nitrogens with one attached hydrogen (secondary N) is 2. The van der Waals surface area contributed by atoms with E-state index in [1.807, 2.05) is 25.1 Å². The highest BCUT2D eigenvalue weighted by molar-refractivity contribution is 5.94. The van der Waals surface area contributed by atoms with Crippen molar-refractivity contribution in [3.8, 4) is 5.75 Å². The average Bonchev–Trinajstić information content (AvgIpc) is 2.76. The van der Waals surface area contributed by atoms with Gasteiger partial charge in [-0.3, -0.25) is 4.79 Å². The van der Waals surface area contributed by atoms with Crippen molar-refractivity contribution in [3.63, 3.8) is 0 Å². The van der Waals surface area contributed by atoms with Gasteiger partial charge in [-0.15, -0.1) is 0 Å². The Balaban J connectivity index is 2.13. The first-order valence-corrected chi connectivity index (χ1v) is 6.28. The van der Waals surface area contributed by atoms with E-state index in [0.717, 1.165) is 24.3 Å². The van der Waals surface area contributed by atoms with Crippen LogP contribution in [0.1, 0.15) is 12.5 Å². The summed E-state index contributed by atoms with van der Waals surface area (Å²) in [4.78, 5) is 12.2. The van der Waals surface area contributed by atoms with Crippen molar-refractivity contribution in [3.05, 3.63) is 23.8 Å². The van der Waals surface area contributed by atoms with Crippen LogP contribution < -0.4 is 15.4 Å². The van der Waals surface area contributed by atoms with Crippen LogP contribution in [-0.2, 0) is 4.79 Å². The zero-order valence-corrected chi connectivity index (χ0v) is 11.1. The van der Waals surface area contributed by atoms with Gasteiger partial charge in [0.15, 0.2) is 0 Å². The number of hydrogen-bond acceptors (Lipinski definition) is 3. The third-order valence-corrected chi connectivity index (χ3v) is 3.47. The van der Waals surface area contributed by atoms with Crippen molar-refractivity contribution < 1.29 is 9.53 Å². The van der Waals surface area contributed by atoms with Gasteiger partial charge in [0, 0.05) is 6.54 Å². The second-order valence-corrected chi connectivity index (χ2v) is 4.94. The predicted octanol–water partition coefficient (Wildman–Crippen LogP) is 1.80. The number of amides is 1. The molecule has 0 aliphatic carbocycles. The highest BCUT2D eigenvalue weighted by Crippen LogP contribution is 2.27. The molecule has 0 aromatic heterocycles. The smallest absolute Gasteiger partial charge is 0.229 e. The molecule has 1 aromatic rings. The number of benzene rings is 1. The van der Waals surface area contributed by atoms with Gasteiger partial charge >= 0.3 is 0 Å². The number of anilines is 1. The summed E-state index contributed by atoms with van der Waals surface area (Å²) >= 11 is 0. The van der Waals surface area contributed by atoms with E-state index in [-0.39, 0.29) is 11.8 Å². The molecule has 0 bridgehead atoms. The van der Waals surface area contributed by atoms with Gasteiger partial charge in [0.25, 0.3) is 0 Å². The number of methoxy groups -OCH3 is 1. The molecule has 2 N–H and O–H groups in total. The molecular weight excluding hydrogens is 228 g/mol. The van der Waals surface area contributed by atoms with Gasteiger partial charge in [-0.2, -0.15) is 0 Å². The van der Waals surface area contributed by atoms with Crippen molar-refractivity contribution in [2.75, 3.05) is 25.5 Å². The van der Waals surface area contributed by atoms with Crippen LogP contribution in [0, 0.1) is 18.8 Å². The summed E-state index contributed by atoms with van der Waals surface area (Å²) in [6.45, 7) is 5.75. The fraction of sp³-hybridized carbons (Fsp3) is 0.500. The Hall–Kier alpha value is -1.55. The minimum absolute atomic E-state index is 0.0372. The monoisotopic (exact) mass is 248 g/mol. The number of carbonyl (C=O) groups is 1. The Morgan fingerprint density at radius 3 is 2.83 bits per heavy atom. The molecule has 1 aliphatic heterocycles. The minimum atomic E-state index is 0.0372. The molecule has 1 aromatic carbocycles. The number of hydrogen-bond donors (Lipinski definition) is 2. The molecule has 1 amide bonds. The lowest BCUT2D eigenvalue weighted by Gasteiger charge is -2.16. The Morgan fingerprint density at radius 2 is 2.22 bits per heavy atom. The molecule has 1 fully saturated rings. The quantitative estimate of drug-likeness (QED) is 0.857. The molecule has 2 rings (SSSR count). The lowest BCUT2D eigenvalue weighted by atomic mass is 9.97. The molecule has 0 radical (unpaired) electrons. The van der Waals surface area contributed by atoms with Crippen molar-refractivity contribution in [1.29, 1.82) is 0 Å². The van der Waals surface area contributed by atoms with Gasteiger partial charge in [0.05, 0.1) is 18.7 Å². The topological polar surface area (TPSA) is 50.4 Å². The first kappa shape index (κ1) is 12.9. The van der Waals surface area contributed by atoms with Crippen molar-refractivity contribution >= 4 is 11.6 Å². The summed E-state index contributed by atoms with van der Waals surface area (Å²) in [5.74, 6) is 1.18. The molecule has 4 heteroatoms. The van der Waals surface area contributed by atoms with Gasteiger partial charge in [-0.1, -0.05) is 13.0 Å². The lowest BCUT2D eigenvalue weighted by Crippen LogP contribution is -2.28. The standard InChI is InChI=1S/C14H20N2O2/c1-9-4-5-13(18-3)12(6-9)16-14(17)11-8-15-7-10(11)2/h4-6,10-11,15H,7-8H2,1-3H3,(H,16,17)/t10-,11-/m1/s1. The molecule has 1 heterocycles. The van der Waals surface area contributed by atoms with Crippen molar-refractivity contribution in [2.45, 2.75) is 13.8 Å². The summed E-state index contributed by atoms with van der Waals surface area (Å²) in [7, 11) is 1.61. The zero-order valence-electron chi connectivity index (χ0n) is 11.1. The van der Waals surface area contributed by atoms with Crippen LogP contribution in [-0.4, -0.2) is 26.1 Å². The van der Waals surface area contributed by atoms with E-state index >= 15 is 0 Å². The first-order valence-electron chi connectivity index (χ1n) is 6.28. The van der Waals surface area contributed by atoms with Crippen LogP contribution >= 0.6 is 0 Å². The Morgan fingerprint density at radius 1 is 1.44 bits per heavy atom. The normalized spacial score (nSPS) is 22.8. The largest absolute Gasteiger partial charge is 0.495 e. The molecule has 1 aliphatic rings. The van der Waals surface area contributed by atoms with Crippen LogP contribution in [0.3, 0.4) is 0 Å². The van der Waals surface area contributed by atoms with Crippen LogP contribution in [0.5, 0.6) is 5.75 Å². The molecule has 0 saturated carbocycles. The Bertz CT molecular complexity index is 445. The van der Waals surface area contributed by atoms with Gasteiger partial charge in [-0.25, -0.2) is 0 Å². The van der Waals surface area contributed by atoms with Crippen LogP contribution in [0.4, 0.5) is 5.69 Å². The number of ether oxygens (including phenoxy) is 1. The van der Waals surface area contributed by atoms with Gasteiger partial charge in [0.1, 0.15) is 5.75 Å². The maximum atomic E-state index is 12.2. The molecular formula is C14H20N2O2. The third-order valence-electron chi connectivity index (χ3n) is 3.47. The van der Waals surface area contributed by atoms with Crippen molar-refractivity contribution in [2.24, 2.45) is 11.8 Å². The van der Waals surface area contributed by atoms with E-state index in [2.05, 4.69) is 17.6 Å². The molecule has 4 nitrogen and oxygen atoms in total. The van der Waals surface area contributed by atoms with E-state index in [4.69, 9.17) is 4.74 Å². The molecule has 2 atom stereocenters. The minimum Gasteiger partial charge on any atom is -0.495 e. The highest BCUT2D eigenvalue weighted by Gasteiger charge is 2.29. The van der Waals surface area contributed by atoms with E-state index < -0.39 is 0 Å². The summed E-state index contributed by atoms with van der Waals surface area (Å²) in [5.41, 5.74) is 1.85. The molecule has 98 valence electrons. The predicted molar refractivity (Wildman–Crippen MR) is 71.9 cm³/mol. The zero-order chi connectivity index (χ0) is 13.1. The average molecular weight is 248 g/mol. The third kappa shape index (κ3) is 2.64. The maximum absolute atomic E-state index is 12.2. The number of aryl methyl sites for hydroxylation is 1. The van der Waals surface area contributed by atoms with E-state index in [1.165, 1.54) is 0 Å². The van der Waals surface area contributed by atoms with E-state index in [1.54, 1.807) is 7.11 Å². The van der Waals surface area contributed by atoms with Gasteiger partial charge in [-0.05, 0) is 37.1 Å².